The molecule has 0 aromatic heterocycles. The van der Waals surface area contributed by atoms with Crippen molar-refractivity contribution >= 4 is 5.78 Å². The molecule has 0 fully saturated rings. The summed E-state index contributed by atoms with van der Waals surface area (Å²) in [4.78, 5) is 11.5. The van der Waals surface area contributed by atoms with E-state index >= 15 is 0 Å². The van der Waals surface area contributed by atoms with Gasteiger partial charge in [0.2, 0.25) is 0 Å². The van der Waals surface area contributed by atoms with E-state index in [-0.39, 0.29) is 11.2 Å². The van der Waals surface area contributed by atoms with Crippen molar-refractivity contribution in [3.8, 4) is 0 Å². The molecule has 0 aromatic rings. The molecule has 0 spiro atoms. The van der Waals surface area contributed by atoms with Gasteiger partial charge in [-0.2, -0.15) is 0 Å². The first-order valence-electron chi connectivity index (χ1n) is 4.47. The van der Waals surface area contributed by atoms with Gasteiger partial charge < -0.3 is 0 Å². The molecule has 0 unspecified atom stereocenters. The Labute approximate surface area is 75.9 Å². The minimum atomic E-state index is -0.240. The summed E-state index contributed by atoms with van der Waals surface area (Å²) in [7, 11) is 0. The summed E-state index contributed by atoms with van der Waals surface area (Å²) in [6.07, 6.45) is 1.77. The van der Waals surface area contributed by atoms with Gasteiger partial charge in [0.25, 0.3) is 0 Å². The van der Waals surface area contributed by atoms with E-state index in [2.05, 4.69) is 13.8 Å². The number of rotatable bonds is 2. The van der Waals surface area contributed by atoms with Crippen molar-refractivity contribution in [2.45, 2.75) is 41.5 Å². The van der Waals surface area contributed by atoms with Crippen LogP contribution in [-0.4, -0.2) is 5.78 Å². The second kappa shape index (κ2) is 3.88. The Kier molecular flexibility index (Phi) is 3.69. The van der Waals surface area contributed by atoms with Crippen LogP contribution in [0.3, 0.4) is 0 Å². The monoisotopic (exact) mass is 168 g/mol. The molecule has 0 rings (SSSR count). The van der Waals surface area contributed by atoms with E-state index in [4.69, 9.17) is 0 Å². The summed E-state index contributed by atoms with van der Waals surface area (Å²) in [6, 6.07) is 0. The summed E-state index contributed by atoms with van der Waals surface area (Å²) in [5.74, 6) is 0.685. The number of carbonyl (C=O) groups excluding carboxylic acids is 1. The van der Waals surface area contributed by atoms with E-state index in [1.165, 1.54) is 0 Å². The van der Waals surface area contributed by atoms with E-state index in [1.807, 2.05) is 27.7 Å². The highest BCUT2D eigenvalue weighted by Crippen LogP contribution is 2.18. The summed E-state index contributed by atoms with van der Waals surface area (Å²) in [5, 5.41) is 0. The molecule has 70 valence electrons. The average Bonchev–Trinajstić information content (AvgIpc) is 1.85. The summed E-state index contributed by atoms with van der Waals surface area (Å²) in [6.45, 7) is 12.0. The molecule has 0 bridgehead atoms. The second-order valence-corrected chi connectivity index (χ2v) is 4.66. The zero-order valence-corrected chi connectivity index (χ0v) is 9.06. The lowest BCUT2D eigenvalue weighted by atomic mass is 9.88. The minimum absolute atomic E-state index is 0.216. The largest absolute Gasteiger partial charge is 0.294 e. The first-order chi connectivity index (χ1) is 5.25. The van der Waals surface area contributed by atoms with E-state index < -0.39 is 0 Å². The van der Waals surface area contributed by atoms with Gasteiger partial charge in [0.15, 0.2) is 5.78 Å². The second-order valence-electron chi connectivity index (χ2n) is 4.66. The third kappa shape index (κ3) is 3.70. The fraction of sp³-hybridized carbons (Fsp3) is 0.727. The lowest BCUT2D eigenvalue weighted by molar-refractivity contribution is -0.121. The molecule has 0 aromatic carbocycles. The van der Waals surface area contributed by atoms with Crippen molar-refractivity contribution in [2.75, 3.05) is 0 Å². The molecule has 1 nitrogen and oxygen atoms in total. The van der Waals surface area contributed by atoms with Crippen LogP contribution in [0, 0.1) is 11.3 Å². The van der Waals surface area contributed by atoms with Gasteiger partial charge in [-0.1, -0.05) is 40.2 Å². The molecule has 0 heterocycles. The summed E-state index contributed by atoms with van der Waals surface area (Å²) < 4.78 is 0. The van der Waals surface area contributed by atoms with Gasteiger partial charge in [0.05, 0.1) is 0 Å². The molecular formula is C11H20O. The zero-order valence-electron chi connectivity index (χ0n) is 9.06. The van der Waals surface area contributed by atoms with Crippen LogP contribution in [0.1, 0.15) is 41.5 Å². The van der Waals surface area contributed by atoms with Crippen molar-refractivity contribution in [2.24, 2.45) is 11.3 Å². The van der Waals surface area contributed by atoms with Gasteiger partial charge in [0, 0.05) is 5.41 Å². The predicted molar refractivity (Wildman–Crippen MR) is 53.1 cm³/mol. The van der Waals surface area contributed by atoms with Gasteiger partial charge in [0.1, 0.15) is 0 Å². The number of hydrogen-bond acceptors (Lipinski definition) is 1. The number of hydrogen-bond donors (Lipinski definition) is 0. The van der Waals surface area contributed by atoms with Crippen molar-refractivity contribution in [1.29, 1.82) is 0 Å². The topological polar surface area (TPSA) is 17.1 Å². The summed E-state index contributed by atoms with van der Waals surface area (Å²) >= 11 is 0. The lowest BCUT2D eigenvalue weighted by Crippen LogP contribution is -2.18. The molecular weight excluding hydrogens is 148 g/mol. The molecule has 0 amide bonds. The van der Waals surface area contributed by atoms with Crippen LogP contribution in [0.5, 0.6) is 0 Å². The number of allylic oxidation sites excluding steroid dienone is 2. The minimum Gasteiger partial charge on any atom is -0.294 e. The lowest BCUT2D eigenvalue weighted by Gasteiger charge is -2.15. The highest BCUT2D eigenvalue weighted by molar-refractivity contribution is 5.94. The van der Waals surface area contributed by atoms with E-state index in [0.717, 1.165) is 5.57 Å². The molecule has 0 saturated heterocycles. The zero-order chi connectivity index (χ0) is 9.94. The molecule has 0 aliphatic carbocycles. The predicted octanol–water partition coefficient (Wildman–Crippen LogP) is 3.20. The van der Waals surface area contributed by atoms with Crippen LogP contribution in [0.25, 0.3) is 0 Å². The Hall–Kier alpha value is -0.590. The molecule has 1 heteroatoms. The fourth-order valence-electron chi connectivity index (χ4n) is 0.590. The van der Waals surface area contributed by atoms with Crippen molar-refractivity contribution in [1.82, 2.24) is 0 Å². The molecule has 0 N–H and O–H groups in total. The third-order valence-electron chi connectivity index (χ3n) is 2.01. The van der Waals surface area contributed by atoms with E-state index in [9.17, 15) is 4.79 Å². The van der Waals surface area contributed by atoms with Crippen LogP contribution >= 0.6 is 0 Å². The van der Waals surface area contributed by atoms with Gasteiger partial charge in [-0.15, -0.1) is 0 Å². The van der Waals surface area contributed by atoms with Crippen LogP contribution < -0.4 is 0 Å². The standard InChI is InChI=1S/C11H20O/c1-8(2)9(3)7-10(12)11(4,5)6/h7-8H,1-6H3/b9-7-. The average molecular weight is 168 g/mol. The van der Waals surface area contributed by atoms with E-state index in [1.54, 1.807) is 6.08 Å². The van der Waals surface area contributed by atoms with Crippen molar-refractivity contribution in [3.63, 3.8) is 0 Å². The molecule has 0 atom stereocenters. The molecule has 0 aliphatic rings. The Balaban J connectivity index is 4.46. The first kappa shape index (κ1) is 11.4. The Morgan fingerprint density at radius 3 is 1.92 bits per heavy atom. The molecule has 0 radical (unpaired) electrons. The third-order valence-corrected chi connectivity index (χ3v) is 2.01. The maximum Gasteiger partial charge on any atom is 0.160 e. The Bertz CT molecular complexity index is 192. The molecule has 0 aliphatic heterocycles. The smallest absolute Gasteiger partial charge is 0.160 e. The van der Waals surface area contributed by atoms with Crippen molar-refractivity contribution in [3.05, 3.63) is 11.6 Å². The number of ketones is 1. The Morgan fingerprint density at radius 2 is 1.67 bits per heavy atom. The fourth-order valence-corrected chi connectivity index (χ4v) is 0.590. The van der Waals surface area contributed by atoms with Gasteiger partial charge >= 0.3 is 0 Å². The quantitative estimate of drug-likeness (QED) is 0.579. The SMILES string of the molecule is C/C(=C/C(=O)C(C)(C)C)C(C)C. The first-order valence-corrected chi connectivity index (χ1v) is 4.47. The highest BCUT2D eigenvalue weighted by atomic mass is 16.1. The summed E-state index contributed by atoms with van der Waals surface area (Å²) in [5.41, 5.74) is 0.922. The van der Waals surface area contributed by atoms with E-state index in [0.29, 0.717) is 5.92 Å². The maximum atomic E-state index is 11.5. The van der Waals surface area contributed by atoms with Gasteiger partial charge in [-0.25, -0.2) is 0 Å². The molecule has 0 saturated carbocycles. The van der Waals surface area contributed by atoms with Crippen molar-refractivity contribution < 1.29 is 4.79 Å². The van der Waals surface area contributed by atoms with Gasteiger partial charge in [-0.05, 0) is 18.9 Å². The normalized spacial score (nSPS) is 13.8. The van der Waals surface area contributed by atoms with Crippen LogP contribution in [-0.2, 0) is 4.79 Å². The van der Waals surface area contributed by atoms with Crippen LogP contribution in [0.4, 0.5) is 0 Å². The van der Waals surface area contributed by atoms with Gasteiger partial charge in [-0.3, -0.25) is 4.79 Å². The molecule has 12 heavy (non-hydrogen) atoms. The number of carbonyl (C=O) groups is 1. The Morgan fingerprint density at radius 1 is 1.25 bits per heavy atom. The van der Waals surface area contributed by atoms with Crippen LogP contribution in [0.2, 0.25) is 0 Å². The maximum absolute atomic E-state index is 11.5. The van der Waals surface area contributed by atoms with Crippen LogP contribution in [0.15, 0.2) is 11.6 Å². The highest BCUT2D eigenvalue weighted by Gasteiger charge is 2.18.